The number of Topliss-reactive ketones (excluding diaryl/α,β-unsaturated/α-hetero) is 1. The Morgan fingerprint density at radius 2 is 2.17 bits per heavy atom. The van der Waals surface area contributed by atoms with Gasteiger partial charge in [0.05, 0.1) is 16.3 Å². The van der Waals surface area contributed by atoms with Gasteiger partial charge in [-0.2, -0.15) is 0 Å². The molecular weight excluding hydrogens is 400 g/mol. The molecular formula is C23H24N2O4S. The highest BCUT2D eigenvalue weighted by molar-refractivity contribution is 7.19. The third-order valence-electron chi connectivity index (χ3n) is 5.30. The molecule has 1 atom stereocenters. The lowest BCUT2D eigenvalue weighted by Crippen LogP contribution is -2.18. The zero-order chi connectivity index (χ0) is 21.1. The molecule has 1 aliphatic rings. The van der Waals surface area contributed by atoms with E-state index in [0.717, 1.165) is 52.6 Å². The van der Waals surface area contributed by atoms with Gasteiger partial charge < -0.3 is 14.0 Å². The van der Waals surface area contributed by atoms with Crippen LogP contribution in [0, 0.1) is 13.8 Å². The second-order valence-electron chi connectivity index (χ2n) is 7.41. The van der Waals surface area contributed by atoms with E-state index in [0.29, 0.717) is 5.56 Å². The summed E-state index contributed by atoms with van der Waals surface area (Å²) in [4.78, 5) is 29.1. The molecule has 0 amide bonds. The Morgan fingerprint density at radius 3 is 2.93 bits per heavy atom. The van der Waals surface area contributed by atoms with Crippen LogP contribution in [-0.4, -0.2) is 40.6 Å². The molecule has 1 fully saturated rings. The van der Waals surface area contributed by atoms with Crippen molar-refractivity contribution in [3.63, 3.8) is 0 Å². The minimum Gasteiger partial charge on any atom is -0.454 e. The van der Waals surface area contributed by atoms with Crippen molar-refractivity contribution < 1.29 is 19.1 Å². The fraction of sp³-hybridized carbons (Fsp3) is 0.348. The van der Waals surface area contributed by atoms with Crippen molar-refractivity contribution in [3.05, 3.63) is 58.4 Å². The van der Waals surface area contributed by atoms with Gasteiger partial charge >= 0.3 is 5.97 Å². The van der Waals surface area contributed by atoms with Gasteiger partial charge in [-0.25, -0.2) is 9.78 Å². The van der Waals surface area contributed by atoms with Crippen LogP contribution >= 0.6 is 11.3 Å². The van der Waals surface area contributed by atoms with Gasteiger partial charge in [0.1, 0.15) is 5.01 Å². The van der Waals surface area contributed by atoms with Crippen LogP contribution in [0.2, 0.25) is 0 Å². The number of para-hydroxylation sites is 1. The summed E-state index contributed by atoms with van der Waals surface area (Å²) in [5.74, 6) is -0.765. The Morgan fingerprint density at radius 1 is 1.33 bits per heavy atom. The van der Waals surface area contributed by atoms with Crippen molar-refractivity contribution in [1.29, 1.82) is 0 Å². The highest BCUT2D eigenvalue weighted by Gasteiger charge is 2.21. The number of rotatable bonds is 7. The molecule has 30 heavy (non-hydrogen) atoms. The molecule has 1 unspecified atom stereocenters. The molecule has 0 N–H and O–H groups in total. The molecule has 156 valence electrons. The summed E-state index contributed by atoms with van der Waals surface area (Å²) >= 11 is 1.49. The number of fused-ring (bicyclic) bond motifs is 1. The van der Waals surface area contributed by atoms with E-state index in [1.165, 1.54) is 17.4 Å². The first-order valence-electron chi connectivity index (χ1n) is 10.0. The Kier molecular flexibility index (Phi) is 6.11. The molecule has 0 aliphatic carbocycles. The fourth-order valence-corrected chi connectivity index (χ4v) is 4.59. The van der Waals surface area contributed by atoms with Crippen molar-refractivity contribution in [1.82, 2.24) is 9.55 Å². The van der Waals surface area contributed by atoms with Gasteiger partial charge in [0.2, 0.25) is 5.78 Å². The van der Waals surface area contributed by atoms with Gasteiger partial charge in [-0.15, -0.1) is 11.3 Å². The Hall–Kier alpha value is -2.77. The van der Waals surface area contributed by atoms with Gasteiger partial charge in [-0.3, -0.25) is 4.79 Å². The summed E-state index contributed by atoms with van der Waals surface area (Å²) in [6.07, 6.45) is 5.24. The van der Waals surface area contributed by atoms with Crippen LogP contribution in [0.25, 0.3) is 16.3 Å². The van der Waals surface area contributed by atoms with Gasteiger partial charge in [0, 0.05) is 36.2 Å². The van der Waals surface area contributed by atoms with Crippen LogP contribution in [-0.2, 0) is 20.8 Å². The van der Waals surface area contributed by atoms with Crippen LogP contribution in [0.1, 0.15) is 39.6 Å². The lowest BCUT2D eigenvalue weighted by molar-refractivity contribution is -0.136. The summed E-state index contributed by atoms with van der Waals surface area (Å²) in [6.45, 7) is 5.16. The maximum absolute atomic E-state index is 12.6. The number of aryl methyl sites for hydroxylation is 1. The van der Waals surface area contributed by atoms with Gasteiger partial charge in [0.15, 0.2) is 6.61 Å². The fourth-order valence-electron chi connectivity index (χ4n) is 3.72. The topological polar surface area (TPSA) is 70.4 Å². The summed E-state index contributed by atoms with van der Waals surface area (Å²) in [6, 6.07) is 9.64. The molecule has 0 spiro atoms. The molecule has 0 bridgehead atoms. The monoisotopic (exact) mass is 424 g/mol. The number of ketones is 1. The lowest BCUT2D eigenvalue weighted by Gasteiger charge is -2.14. The summed E-state index contributed by atoms with van der Waals surface area (Å²) in [7, 11) is 0. The SMILES string of the molecule is Cc1cc(C(=O)COC(=O)C=Cc2nc3ccccc3s2)c(C)n1CC1CCCO1. The molecule has 3 heterocycles. The zero-order valence-corrected chi connectivity index (χ0v) is 17.9. The second-order valence-corrected chi connectivity index (χ2v) is 8.48. The first-order valence-corrected chi connectivity index (χ1v) is 10.8. The number of nitrogens with zero attached hydrogens (tertiary/aromatic N) is 2. The van der Waals surface area contributed by atoms with Crippen molar-refractivity contribution >= 4 is 39.4 Å². The zero-order valence-electron chi connectivity index (χ0n) is 17.1. The lowest BCUT2D eigenvalue weighted by atomic mass is 10.1. The minimum atomic E-state index is -0.559. The van der Waals surface area contributed by atoms with E-state index in [9.17, 15) is 9.59 Å². The number of carbonyl (C=O) groups excluding carboxylic acids is 2. The highest BCUT2D eigenvalue weighted by Crippen LogP contribution is 2.23. The van der Waals surface area contributed by atoms with Crippen molar-refractivity contribution in [2.75, 3.05) is 13.2 Å². The number of thiazole rings is 1. The average Bonchev–Trinajstić information content (AvgIpc) is 3.46. The molecule has 1 saturated heterocycles. The van der Waals surface area contributed by atoms with E-state index in [1.54, 1.807) is 6.08 Å². The summed E-state index contributed by atoms with van der Waals surface area (Å²) in [5, 5.41) is 0.720. The third kappa shape index (κ3) is 4.52. The van der Waals surface area contributed by atoms with E-state index < -0.39 is 5.97 Å². The number of ether oxygens (including phenoxy) is 2. The smallest absolute Gasteiger partial charge is 0.331 e. The van der Waals surface area contributed by atoms with E-state index in [2.05, 4.69) is 9.55 Å². The standard InChI is InChI=1S/C23H24N2O4S/c1-15-12-18(16(2)25(15)13-17-6-5-11-28-17)20(26)14-29-23(27)10-9-22-24-19-7-3-4-8-21(19)30-22/h3-4,7-10,12,17H,5-6,11,13-14H2,1-2H3. The largest absolute Gasteiger partial charge is 0.454 e. The van der Waals surface area contributed by atoms with Gasteiger partial charge in [-0.05, 0) is 51.0 Å². The van der Waals surface area contributed by atoms with Crippen molar-refractivity contribution in [2.45, 2.75) is 39.3 Å². The van der Waals surface area contributed by atoms with E-state index in [1.807, 2.05) is 44.2 Å². The summed E-state index contributed by atoms with van der Waals surface area (Å²) in [5.41, 5.74) is 3.37. The van der Waals surface area contributed by atoms with E-state index >= 15 is 0 Å². The van der Waals surface area contributed by atoms with Gasteiger partial charge in [-0.1, -0.05) is 12.1 Å². The first kappa shape index (κ1) is 20.5. The molecule has 2 aromatic heterocycles. The summed E-state index contributed by atoms with van der Waals surface area (Å²) < 4.78 is 14.0. The van der Waals surface area contributed by atoms with Crippen LogP contribution in [0.5, 0.6) is 0 Å². The third-order valence-corrected chi connectivity index (χ3v) is 6.30. The molecule has 4 rings (SSSR count). The number of carbonyl (C=O) groups is 2. The van der Waals surface area contributed by atoms with Crippen molar-refractivity contribution in [2.24, 2.45) is 0 Å². The minimum absolute atomic E-state index is 0.197. The average molecular weight is 425 g/mol. The molecule has 7 heteroatoms. The number of esters is 1. The number of aromatic nitrogens is 2. The molecule has 1 aromatic carbocycles. The highest BCUT2D eigenvalue weighted by atomic mass is 32.1. The quantitative estimate of drug-likeness (QED) is 0.321. The normalized spacial score (nSPS) is 16.5. The van der Waals surface area contributed by atoms with Crippen LogP contribution in [0.3, 0.4) is 0 Å². The van der Waals surface area contributed by atoms with Crippen molar-refractivity contribution in [3.8, 4) is 0 Å². The van der Waals surface area contributed by atoms with Crippen LogP contribution in [0.15, 0.2) is 36.4 Å². The molecule has 1 aliphatic heterocycles. The Labute approximate surface area is 179 Å². The maximum atomic E-state index is 12.6. The molecule has 0 radical (unpaired) electrons. The molecule has 6 nitrogen and oxygen atoms in total. The number of hydrogen-bond acceptors (Lipinski definition) is 6. The second kappa shape index (κ2) is 8.93. The number of hydrogen-bond donors (Lipinski definition) is 0. The molecule has 0 saturated carbocycles. The maximum Gasteiger partial charge on any atom is 0.331 e. The van der Waals surface area contributed by atoms with E-state index in [4.69, 9.17) is 9.47 Å². The predicted octanol–water partition coefficient (Wildman–Crippen LogP) is 4.33. The van der Waals surface area contributed by atoms with Gasteiger partial charge in [0.25, 0.3) is 0 Å². The Bertz CT molecular complexity index is 1070. The van der Waals surface area contributed by atoms with Crippen LogP contribution < -0.4 is 0 Å². The van der Waals surface area contributed by atoms with Crippen LogP contribution in [0.4, 0.5) is 0 Å². The van der Waals surface area contributed by atoms with E-state index in [-0.39, 0.29) is 18.5 Å². The Balaban J connectivity index is 1.35. The predicted molar refractivity (Wildman–Crippen MR) is 117 cm³/mol. The number of benzene rings is 1. The molecule has 3 aromatic rings. The first-order chi connectivity index (χ1) is 14.5.